The Labute approximate surface area is 130 Å². The molecule has 0 aliphatic heterocycles. The molecule has 0 atom stereocenters. The van der Waals surface area contributed by atoms with E-state index in [0.717, 1.165) is 0 Å². The number of hydrogen-bond acceptors (Lipinski definition) is 6. The van der Waals surface area contributed by atoms with Crippen molar-refractivity contribution < 1.29 is 9.21 Å². The van der Waals surface area contributed by atoms with E-state index in [1.54, 1.807) is 31.4 Å². The van der Waals surface area contributed by atoms with Gasteiger partial charge in [-0.15, -0.1) is 0 Å². The predicted molar refractivity (Wildman–Crippen MR) is 83.3 cm³/mol. The maximum absolute atomic E-state index is 11.6. The van der Waals surface area contributed by atoms with Crippen molar-refractivity contribution >= 4 is 11.7 Å². The van der Waals surface area contributed by atoms with Crippen LogP contribution in [0.1, 0.15) is 10.5 Å². The standard InChI is InChI=1S/C15H13N5O3/c1-20-7-8(4-5-10(20)21)11-12(9-3-2-6-23-9)19-14(16)13(18-11)15(17)22/h2-7H,1H3,(H2,16,19)(H2,17,22). The van der Waals surface area contributed by atoms with Crippen molar-refractivity contribution in [3.05, 3.63) is 52.8 Å². The van der Waals surface area contributed by atoms with Gasteiger partial charge in [0.05, 0.1) is 6.26 Å². The number of pyridine rings is 1. The summed E-state index contributed by atoms with van der Waals surface area (Å²) in [4.78, 5) is 31.5. The molecule has 4 N–H and O–H groups in total. The van der Waals surface area contributed by atoms with Gasteiger partial charge in [0, 0.05) is 24.9 Å². The van der Waals surface area contributed by atoms with Gasteiger partial charge in [0.1, 0.15) is 11.4 Å². The molecule has 116 valence electrons. The average Bonchev–Trinajstić information content (AvgIpc) is 3.03. The second kappa shape index (κ2) is 5.41. The van der Waals surface area contributed by atoms with Crippen LogP contribution in [0.3, 0.4) is 0 Å². The van der Waals surface area contributed by atoms with E-state index in [1.165, 1.54) is 16.9 Å². The van der Waals surface area contributed by atoms with Crippen molar-refractivity contribution in [2.75, 3.05) is 5.73 Å². The summed E-state index contributed by atoms with van der Waals surface area (Å²) in [6.07, 6.45) is 3.07. The summed E-state index contributed by atoms with van der Waals surface area (Å²) in [5.74, 6) is -0.436. The van der Waals surface area contributed by atoms with E-state index < -0.39 is 5.91 Å². The fourth-order valence-electron chi connectivity index (χ4n) is 2.15. The second-order valence-corrected chi connectivity index (χ2v) is 4.86. The lowest BCUT2D eigenvalue weighted by Gasteiger charge is -2.10. The number of amides is 1. The van der Waals surface area contributed by atoms with Crippen molar-refractivity contribution in [2.45, 2.75) is 0 Å². The highest BCUT2D eigenvalue weighted by atomic mass is 16.3. The van der Waals surface area contributed by atoms with Gasteiger partial charge in [-0.1, -0.05) is 0 Å². The third-order valence-corrected chi connectivity index (χ3v) is 3.27. The van der Waals surface area contributed by atoms with Gasteiger partial charge in [-0.25, -0.2) is 9.97 Å². The van der Waals surface area contributed by atoms with Crippen LogP contribution in [0.15, 0.2) is 45.9 Å². The Hall–Kier alpha value is -3.42. The molecule has 0 spiro atoms. The smallest absolute Gasteiger partial charge is 0.271 e. The van der Waals surface area contributed by atoms with E-state index in [0.29, 0.717) is 22.7 Å². The molecule has 0 aromatic carbocycles. The summed E-state index contributed by atoms with van der Waals surface area (Å²) < 4.78 is 6.74. The van der Waals surface area contributed by atoms with Crippen LogP contribution in [0, 0.1) is 0 Å². The number of aryl methyl sites for hydroxylation is 1. The Morgan fingerprint density at radius 2 is 2.00 bits per heavy atom. The largest absolute Gasteiger partial charge is 0.463 e. The number of hydrogen-bond donors (Lipinski definition) is 2. The Morgan fingerprint density at radius 1 is 1.22 bits per heavy atom. The summed E-state index contributed by atoms with van der Waals surface area (Å²) in [6, 6.07) is 6.36. The summed E-state index contributed by atoms with van der Waals surface area (Å²) >= 11 is 0. The van der Waals surface area contributed by atoms with Gasteiger partial charge in [0.2, 0.25) is 5.56 Å². The predicted octanol–water partition coefficient (Wildman–Crippen LogP) is 0.783. The molecule has 0 fully saturated rings. The van der Waals surface area contributed by atoms with E-state index in [1.807, 2.05) is 0 Å². The number of nitrogens with two attached hydrogens (primary N) is 2. The molecule has 0 bridgehead atoms. The first-order valence-corrected chi connectivity index (χ1v) is 6.65. The van der Waals surface area contributed by atoms with Crippen LogP contribution >= 0.6 is 0 Å². The fourth-order valence-corrected chi connectivity index (χ4v) is 2.15. The quantitative estimate of drug-likeness (QED) is 0.735. The van der Waals surface area contributed by atoms with Gasteiger partial charge < -0.3 is 20.5 Å². The average molecular weight is 311 g/mol. The number of aromatic nitrogens is 3. The summed E-state index contributed by atoms with van der Waals surface area (Å²) in [5.41, 5.74) is 12.0. The molecule has 1 amide bonds. The Bertz CT molecular complexity index is 944. The third kappa shape index (κ3) is 2.57. The van der Waals surface area contributed by atoms with Gasteiger partial charge in [-0.2, -0.15) is 0 Å². The number of carbonyl (C=O) groups excluding carboxylic acids is 1. The van der Waals surface area contributed by atoms with Gasteiger partial charge in [0.15, 0.2) is 17.3 Å². The number of nitrogens with zero attached hydrogens (tertiary/aromatic N) is 3. The zero-order valence-electron chi connectivity index (χ0n) is 12.2. The molecule has 3 aromatic rings. The normalized spacial score (nSPS) is 10.7. The number of anilines is 1. The van der Waals surface area contributed by atoms with E-state index in [2.05, 4.69) is 9.97 Å². The Balaban J connectivity index is 2.31. The molecule has 0 aliphatic carbocycles. The first-order chi connectivity index (χ1) is 11.0. The van der Waals surface area contributed by atoms with Crippen LogP contribution in [-0.4, -0.2) is 20.4 Å². The maximum atomic E-state index is 11.6. The molecule has 0 radical (unpaired) electrons. The van der Waals surface area contributed by atoms with Gasteiger partial charge in [-0.05, 0) is 18.2 Å². The lowest BCUT2D eigenvalue weighted by atomic mass is 10.1. The zero-order chi connectivity index (χ0) is 16.6. The molecule has 3 heterocycles. The lowest BCUT2D eigenvalue weighted by Crippen LogP contribution is -2.18. The molecule has 0 saturated carbocycles. The van der Waals surface area contributed by atoms with Crippen molar-refractivity contribution in [3.8, 4) is 22.7 Å². The SMILES string of the molecule is Cn1cc(-c2nc(C(N)=O)c(N)nc2-c2ccco2)ccc1=O. The second-order valence-electron chi connectivity index (χ2n) is 4.86. The van der Waals surface area contributed by atoms with Crippen LogP contribution in [0.5, 0.6) is 0 Å². The monoisotopic (exact) mass is 311 g/mol. The van der Waals surface area contributed by atoms with Gasteiger partial charge >= 0.3 is 0 Å². The number of carbonyl (C=O) groups is 1. The molecule has 0 unspecified atom stereocenters. The highest BCUT2D eigenvalue weighted by Gasteiger charge is 2.19. The minimum atomic E-state index is -0.785. The molecule has 3 rings (SSSR count). The topological polar surface area (TPSA) is 130 Å². The van der Waals surface area contributed by atoms with E-state index in [9.17, 15) is 9.59 Å². The molecular formula is C15H13N5O3. The molecule has 8 heteroatoms. The maximum Gasteiger partial charge on any atom is 0.271 e. The number of furan rings is 1. The summed E-state index contributed by atoms with van der Waals surface area (Å²) in [6.45, 7) is 0. The first-order valence-electron chi connectivity index (χ1n) is 6.65. The summed E-state index contributed by atoms with van der Waals surface area (Å²) in [5, 5.41) is 0. The highest BCUT2D eigenvalue weighted by molar-refractivity contribution is 5.96. The summed E-state index contributed by atoms with van der Waals surface area (Å²) in [7, 11) is 1.61. The van der Waals surface area contributed by atoms with E-state index in [4.69, 9.17) is 15.9 Å². The number of nitrogen functional groups attached to an aromatic ring is 1. The van der Waals surface area contributed by atoms with Crippen molar-refractivity contribution in [1.82, 2.24) is 14.5 Å². The van der Waals surface area contributed by atoms with Crippen LogP contribution < -0.4 is 17.0 Å². The minimum absolute atomic E-state index is 0.0857. The molecule has 0 aliphatic rings. The minimum Gasteiger partial charge on any atom is -0.463 e. The van der Waals surface area contributed by atoms with E-state index in [-0.39, 0.29) is 17.1 Å². The van der Waals surface area contributed by atoms with E-state index >= 15 is 0 Å². The van der Waals surface area contributed by atoms with Crippen LogP contribution in [-0.2, 0) is 7.05 Å². The molecular weight excluding hydrogens is 298 g/mol. The molecule has 23 heavy (non-hydrogen) atoms. The van der Waals surface area contributed by atoms with Crippen LogP contribution in [0.4, 0.5) is 5.82 Å². The molecule has 8 nitrogen and oxygen atoms in total. The molecule has 3 aromatic heterocycles. The lowest BCUT2D eigenvalue weighted by molar-refractivity contribution is 0.0996. The Morgan fingerprint density at radius 3 is 2.61 bits per heavy atom. The zero-order valence-corrected chi connectivity index (χ0v) is 12.2. The van der Waals surface area contributed by atoms with Crippen molar-refractivity contribution in [2.24, 2.45) is 12.8 Å². The fraction of sp³-hybridized carbons (Fsp3) is 0.0667. The Kier molecular flexibility index (Phi) is 3.41. The van der Waals surface area contributed by atoms with Crippen molar-refractivity contribution in [3.63, 3.8) is 0 Å². The third-order valence-electron chi connectivity index (χ3n) is 3.27. The van der Waals surface area contributed by atoms with Gasteiger partial charge in [-0.3, -0.25) is 9.59 Å². The molecule has 0 saturated heterocycles. The van der Waals surface area contributed by atoms with Crippen molar-refractivity contribution in [1.29, 1.82) is 0 Å². The highest BCUT2D eigenvalue weighted by Crippen LogP contribution is 2.30. The number of rotatable bonds is 3. The number of primary amides is 1. The van der Waals surface area contributed by atoms with Crippen LogP contribution in [0.2, 0.25) is 0 Å². The van der Waals surface area contributed by atoms with Crippen LogP contribution in [0.25, 0.3) is 22.7 Å². The first kappa shape index (κ1) is 14.5. The van der Waals surface area contributed by atoms with Gasteiger partial charge in [0.25, 0.3) is 5.91 Å².